The van der Waals surface area contributed by atoms with E-state index in [9.17, 15) is 9.59 Å². The molecule has 3 aromatic rings. The highest BCUT2D eigenvalue weighted by Crippen LogP contribution is 2.22. The number of nitrogens with zero attached hydrogens (tertiary/aromatic N) is 2. The molecule has 0 atom stereocenters. The standard InChI is InChI=1S/C23H22N2O3/c1-15-12-20(14-24-21-7-5-6-19(13-21)17(3)26)16(2)25(15)22-10-8-18(9-11-22)23(27)28-4/h5-14H,1-4H3. The smallest absolute Gasteiger partial charge is 0.337 e. The minimum absolute atomic E-state index is 0.0191. The molecule has 0 aliphatic carbocycles. The number of hydrogen-bond acceptors (Lipinski definition) is 4. The molecular formula is C23H22N2O3. The Bertz CT molecular complexity index is 1060. The molecule has 0 spiro atoms. The maximum absolute atomic E-state index is 11.6. The van der Waals surface area contributed by atoms with E-state index in [1.807, 2.05) is 38.1 Å². The Morgan fingerprint density at radius 2 is 1.71 bits per heavy atom. The number of Topliss-reactive ketones (excluding diaryl/α,β-unsaturated/α-hetero) is 1. The van der Waals surface area contributed by atoms with E-state index in [0.717, 1.165) is 28.3 Å². The number of carbonyl (C=O) groups is 2. The zero-order chi connectivity index (χ0) is 20.3. The van der Waals surface area contributed by atoms with Gasteiger partial charge in [0.1, 0.15) is 0 Å². The number of ether oxygens (including phenoxy) is 1. The van der Waals surface area contributed by atoms with Gasteiger partial charge in [-0.2, -0.15) is 0 Å². The van der Waals surface area contributed by atoms with Crippen molar-refractivity contribution in [2.24, 2.45) is 4.99 Å². The lowest BCUT2D eigenvalue weighted by Crippen LogP contribution is -2.03. The van der Waals surface area contributed by atoms with E-state index < -0.39 is 0 Å². The normalized spacial score (nSPS) is 11.0. The van der Waals surface area contributed by atoms with Gasteiger partial charge in [0.2, 0.25) is 0 Å². The van der Waals surface area contributed by atoms with Crippen LogP contribution < -0.4 is 0 Å². The van der Waals surface area contributed by atoms with Crippen LogP contribution in [0.3, 0.4) is 0 Å². The zero-order valence-electron chi connectivity index (χ0n) is 16.4. The van der Waals surface area contributed by atoms with Crippen molar-refractivity contribution in [3.05, 3.63) is 82.7 Å². The Hall–Kier alpha value is -3.47. The Morgan fingerprint density at radius 3 is 2.36 bits per heavy atom. The largest absolute Gasteiger partial charge is 0.465 e. The summed E-state index contributed by atoms with van der Waals surface area (Å²) in [5.74, 6) is -0.334. The van der Waals surface area contributed by atoms with Crippen LogP contribution in [0.2, 0.25) is 0 Å². The van der Waals surface area contributed by atoms with Gasteiger partial charge in [0.05, 0.1) is 18.4 Å². The Kier molecular flexibility index (Phi) is 5.54. The summed E-state index contributed by atoms with van der Waals surface area (Å²) >= 11 is 0. The molecule has 0 aliphatic rings. The average Bonchev–Trinajstić information content (AvgIpc) is 2.99. The highest BCUT2D eigenvalue weighted by atomic mass is 16.5. The number of aryl methyl sites for hydroxylation is 1. The maximum atomic E-state index is 11.6. The van der Waals surface area contributed by atoms with E-state index in [-0.39, 0.29) is 11.8 Å². The first-order valence-electron chi connectivity index (χ1n) is 8.93. The fraction of sp³-hybridized carbons (Fsp3) is 0.174. The molecule has 1 heterocycles. The quantitative estimate of drug-likeness (QED) is 0.365. The fourth-order valence-electron chi connectivity index (χ4n) is 3.13. The number of aromatic nitrogens is 1. The highest BCUT2D eigenvalue weighted by Gasteiger charge is 2.11. The highest BCUT2D eigenvalue weighted by molar-refractivity contribution is 5.95. The van der Waals surface area contributed by atoms with E-state index in [2.05, 4.69) is 15.6 Å². The summed E-state index contributed by atoms with van der Waals surface area (Å²) < 4.78 is 6.85. The number of aliphatic imine (C=N–C) groups is 1. The Morgan fingerprint density at radius 1 is 1.00 bits per heavy atom. The fourth-order valence-corrected chi connectivity index (χ4v) is 3.13. The van der Waals surface area contributed by atoms with Crippen molar-refractivity contribution in [3.8, 4) is 5.69 Å². The van der Waals surface area contributed by atoms with Crippen molar-refractivity contribution in [2.45, 2.75) is 20.8 Å². The summed E-state index contributed by atoms with van der Waals surface area (Å²) in [5, 5.41) is 0. The molecule has 28 heavy (non-hydrogen) atoms. The van der Waals surface area contributed by atoms with Crippen LogP contribution in [0.5, 0.6) is 0 Å². The average molecular weight is 374 g/mol. The number of methoxy groups -OCH3 is 1. The second-order valence-corrected chi connectivity index (χ2v) is 6.57. The van der Waals surface area contributed by atoms with E-state index in [1.54, 1.807) is 37.4 Å². The molecule has 0 unspecified atom stereocenters. The van der Waals surface area contributed by atoms with E-state index in [1.165, 1.54) is 7.11 Å². The minimum Gasteiger partial charge on any atom is -0.465 e. The van der Waals surface area contributed by atoms with Gasteiger partial charge in [0.25, 0.3) is 0 Å². The molecule has 0 fully saturated rings. The molecule has 3 rings (SSSR count). The predicted molar refractivity (Wildman–Crippen MR) is 110 cm³/mol. The molecule has 5 heteroatoms. The van der Waals surface area contributed by atoms with Crippen LogP contribution in [0.4, 0.5) is 5.69 Å². The first-order chi connectivity index (χ1) is 13.4. The van der Waals surface area contributed by atoms with Crippen molar-refractivity contribution in [1.29, 1.82) is 0 Å². The number of carbonyl (C=O) groups excluding carboxylic acids is 2. The van der Waals surface area contributed by atoms with Gasteiger partial charge in [0.15, 0.2) is 5.78 Å². The van der Waals surface area contributed by atoms with Gasteiger partial charge in [-0.05, 0) is 63.2 Å². The topological polar surface area (TPSA) is 60.7 Å². The Labute approximate surface area is 164 Å². The molecule has 0 saturated heterocycles. The van der Waals surface area contributed by atoms with Crippen LogP contribution >= 0.6 is 0 Å². The molecule has 0 saturated carbocycles. The summed E-state index contributed by atoms with van der Waals surface area (Å²) in [6.45, 7) is 5.59. The zero-order valence-corrected chi connectivity index (χ0v) is 16.4. The van der Waals surface area contributed by atoms with Gasteiger partial charge >= 0.3 is 5.97 Å². The van der Waals surface area contributed by atoms with Gasteiger partial charge in [0, 0.05) is 34.4 Å². The van der Waals surface area contributed by atoms with Crippen molar-refractivity contribution < 1.29 is 14.3 Å². The van der Waals surface area contributed by atoms with Crippen LogP contribution in [-0.2, 0) is 4.74 Å². The molecule has 0 radical (unpaired) electrons. The third kappa shape index (κ3) is 3.93. The van der Waals surface area contributed by atoms with Gasteiger partial charge < -0.3 is 9.30 Å². The van der Waals surface area contributed by atoms with Crippen LogP contribution in [0.15, 0.2) is 59.6 Å². The summed E-state index contributed by atoms with van der Waals surface area (Å²) in [7, 11) is 1.37. The number of rotatable bonds is 5. The number of esters is 1. The van der Waals surface area contributed by atoms with Crippen molar-refractivity contribution >= 4 is 23.7 Å². The number of ketones is 1. The number of hydrogen-bond donors (Lipinski definition) is 0. The van der Waals surface area contributed by atoms with Crippen molar-refractivity contribution in [3.63, 3.8) is 0 Å². The maximum Gasteiger partial charge on any atom is 0.337 e. The molecule has 5 nitrogen and oxygen atoms in total. The second kappa shape index (κ2) is 8.05. The van der Waals surface area contributed by atoms with Crippen LogP contribution in [0.1, 0.15) is 44.6 Å². The summed E-state index contributed by atoms with van der Waals surface area (Å²) in [5.41, 5.74) is 5.94. The van der Waals surface area contributed by atoms with Gasteiger partial charge in [-0.1, -0.05) is 12.1 Å². The summed E-state index contributed by atoms with van der Waals surface area (Å²) in [6.07, 6.45) is 1.81. The molecular weight excluding hydrogens is 352 g/mol. The third-order valence-electron chi connectivity index (χ3n) is 4.62. The van der Waals surface area contributed by atoms with Crippen molar-refractivity contribution in [1.82, 2.24) is 4.57 Å². The predicted octanol–water partition coefficient (Wildman–Crippen LogP) is 4.83. The van der Waals surface area contributed by atoms with Gasteiger partial charge in [-0.3, -0.25) is 9.79 Å². The molecule has 0 N–H and O–H groups in total. The van der Waals surface area contributed by atoms with Crippen molar-refractivity contribution in [2.75, 3.05) is 7.11 Å². The molecule has 0 aliphatic heterocycles. The van der Waals surface area contributed by atoms with Crippen LogP contribution in [0, 0.1) is 13.8 Å². The second-order valence-electron chi connectivity index (χ2n) is 6.57. The first-order valence-corrected chi connectivity index (χ1v) is 8.93. The lowest BCUT2D eigenvalue weighted by atomic mass is 10.1. The molecule has 0 amide bonds. The van der Waals surface area contributed by atoms with Crippen LogP contribution in [0.25, 0.3) is 5.69 Å². The lowest BCUT2D eigenvalue weighted by molar-refractivity contribution is 0.0600. The first kappa shape index (κ1) is 19.3. The van der Waals surface area contributed by atoms with E-state index in [0.29, 0.717) is 11.1 Å². The molecule has 142 valence electrons. The Balaban J connectivity index is 1.91. The third-order valence-corrected chi connectivity index (χ3v) is 4.62. The van der Waals surface area contributed by atoms with Gasteiger partial charge in [-0.15, -0.1) is 0 Å². The van der Waals surface area contributed by atoms with E-state index in [4.69, 9.17) is 4.74 Å². The SMILES string of the molecule is COC(=O)c1ccc(-n2c(C)cc(C=Nc3cccc(C(C)=O)c3)c2C)cc1. The lowest BCUT2D eigenvalue weighted by Gasteiger charge is -2.10. The molecule has 0 bridgehead atoms. The van der Waals surface area contributed by atoms with Gasteiger partial charge in [-0.25, -0.2) is 4.79 Å². The minimum atomic E-state index is -0.354. The monoisotopic (exact) mass is 374 g/mol. The molecule has 1 aromatic heterocycles. The summed E-state index contributed by atoms with van der Waals surface area (Å²) in [6, 6.07) is 16.6. The number of benzene rings is 2. The van der Waals surface area contributed by atoms with Crippen LogP contribution in [-0.4, -0.2) is 29.6 Å². The van der Waals surface area contributed by atoms with E-state index >= 15 is 0 Å². The molecule has 2 aromatic carbocycles. The summed E-state index contributed by atoms with van der Waals surface area (Å²) in [4.78, 5) is 27.7.